The number of carbonyl (C=O) groups excluding carboxylic acids is 2. The number of rotatable bonds is 11. The maximum Gasteiger partial charge on any atom is 0.417 e. The molecule has 9 nitrogen and oxygen atoms in total. The predicted molar refractivity (Wildman–Crippen MR) is 156 cm³/mol. The van der Waals surface area contributed by atoms with Gasteiger partial charge < -0.3 is 23.7 Å². The molecule has 0 aliphatic carbocycles. The number of pyridine rings is 1. The van der Waals surface area contributed by atoms with Crippen molar-refractivity contribution in [1.82, 2.24) is 9.88 Å². The lowest BCUT2D eigenvalue weighted by atomic mass is 9.79. The van der Waals surface area contributed by atoms with Crippen LogP contribution >= 0.6 is 0 Å². The monoisotopic (exact) mass is 624 g/mol. The lowest BCUT2D eigenvalue weighted by Gasteiger charge is -2.37. The molecule has 2 aromatic rings. The first-order valence-electron chi connectivity index (χ1n) is 14.6. The van der Waals surface area contributed by atoms with Crippen molar-refractivity contribution >= 4 is 12.1 Å². The molecule has 3 rings (SSSR count). The zero-order valence-corrected chi connectivity index (χ0v) is 26.7. The number of carbonyl (C=O) groups is 2. The molecule has 1 aliphatic rings. The normalized spacial score (nSPS) is 20.7. The van der Waals surface area contributed by atoms with Crippen LogP contribution in [-0.2, 0) is 36.5 Å². The topological polar surface area (TPSA) is 96.4 Å². The van der Waals surface area contributed by atoms with E-state index in [1.165, 1.54) is 19.1 Å². The van der Waals surface area contributed by atoms with E-state index in [1.807, 2.05) is 38.1 Å². The van der Waals surface area contributed by atoms with Gasteiger partial charge in [-0.2, -0.15) is 13.2 Å². The van der Waals surface area contributed by atoms with E-state index in [9.17, 15) is 22.8 Å². The van der Waals surface area contributed by atoms with Crippen LogP contribution in [0, 0.1) is 5.92 Å². The van der Waals surface area contributed by atoms with Gasteiger partial charge in [-0.15, -0.1) is 0 Å². The van der Waals surface area contributed by atoms with Gasteiger partial charge in [-0.1, -0.05) is 38.1 Å². The van der Waals surface area contributed by atoms with E-state index in [2.05, 4.69) is 4.98 Å². The predicted octanol–water partition coefficient (Wildman–Crippen LogP) is 6.69. The molecule has 1 saturated heterocycles. The lowest BCUT2D eigenvalue weighted by Crippen LogP contribution is -2.51. The highest BCUT2D eigenvalue weighted by Crippen LogP contribution is 2.50. The Hall–Kier alpha value is -3.38. The van der Waals surface area contributed by atoms with Gasteiger partial charge >= 0.3 is 18.2 Å². The molecular weight excluding hydrogens is 581 g/mol. The minimum atomic E-state index is -4.65. The summed E-state index contributed by atoms with van der Waals surface area (Å²) in [7, 11) is 2.78. The highest BCUT2D eigenvalue weighted by molar-refractivity contribution is 5.84. The molecule has 4 atom stereocenters. The Morgan fingerprint density at radius 2 is 1.73 bits per heavy atom. The van der Waals surface area contributed by atoms with Crippen LogP contribution in [0.1, 0.15) is 82.7 Å². The van der Waals surface area contributed by atoms with E-state index in [1.54, 1.807) is 34.6 Å². The van der Waals surface area contributed by atoms with E-state index >= 15 is 0 Å². The second-order valence-electron chi connectivity index (χ2n) is 11.8. The molecule has 1 fully saturated rings. The molecule has 1 aromatic heterocycles. The first-order valence-corrected chi connectivity index (χ1v) is 14.6. The molecule has 0 unspecified atom stereocenters. The van der Waals surface area contributed by atoms with Gasteiger partial charge in [0, 0.05) is 24.8 Å². The van der Waals surface area contributed by atoms with Gasteiger partial charge in [0.05, 0.1) is 49.7 Å². The quantitative estimate of drug-likeness (QED) is 0.255. The third kappa shape index (κ3) is 7.46. The zero-order valence-electron chi connectivity index (χ0n) is 26.7. The van der Waals surface area contributed by atoms with Crippen molar-refractivity contribution in [2.75, 3.05) is 20.8 Å². The van der Waals surface area contributed by atoms with Crippen LogP contribution < -0.4 is 4.74 Å². The van der Waals surface area contributed by atoms with Gasteiger partial charge in [0.2, 0.25) is 5.88 Å². The summed E-state index contributed by atoms with van der Waals surface area (Å²) in [4.78, 5) is 32.9. The minimum absolute atomic E-state index is 0.0121. The maximum absolute atomic E-state index is 13.9. The van der Waals surface area contributed by atoms with Crippen molar-refractivity contribution in [3.05, 3.63) is 58.8 Å². The van der Waals surface area contributed by atoms with Crippen molar-refractivity contribution in [2.24, 2.45) is 5.92 Å². The van der Waals surface area contributed by atoms with E-state index in [-0.39, 0.29) is 30.6 Å². The SMILES string of the molecule is CCOC(=O)[C@@H]1[C@@H](C(C)(C)OC)[C@H](OCc2cc(C(F)(F)F)cnc2OC)[C@H](c2ccccc2C(C)C)N1C(=O)OC(C)C. The number of hydrogen-bond acceptors (Lipinski definition) is 8. The molecular formula is C32H43F3N2O7. The fraction of sp³-hybridized carbons (Fsp3) is 0.594. The van der Waals surface area contributed by atoms with Gasteiger partial charge in [-0.3, -0.25) is 4.90 Å². The first kappa shape index (κ1) is 35.1. The third-order valence-corrected chi connectivity index (χ3v) is 7.82. The average molecular weight is 625 g/mol. The second kappa shape index (κ2) is 14.2. The molecule has 0 N–H and O–H groups in total. The number of likely N-dealkylation sites (tertiary alicyclic amines) is 1. The van der Waals surface area contributed by atoms with Crippen LogP contribution in [0.3, 0.4) is 0 Å². The molecule has 1 aromatic carbocycles. The molecule has 0 bridgehead atoms. The molecule has 1 amide bonds. The second-order valence-corrected chi connectivity index (χ2v) is 11.8. The van der Waals surface area contributed by atoms with Crippen LogP contribution in [-0.4, -0.2) is 66.6 Å². The lowest BCUT2D eigenvalue weighted by molar-refractivity contribution is -0.156. The average Bonchev–Trinajstić information content (AvgIpc) is 3.31. The van der Waals surface area contributed by atoms with Gasteiger partial charge in [-0.25, -0.2) is 14.6 Å². The summed E-state index contributed by atoms with van der Waals surface area (Å²) in [6.45, 7) is 12.2. The Morgan fingerprint density at radius 1 is 1.07 bits per heavy atom. The standard InChI is InChI=1S/C32H43F3N2O7/c1-10-42-29(38)26-24(31(6,7)41-9)27(43-17-20-15-21(32(33,34)35)16-36-28(20)40-8)25(37(26)30(39)44-19(4)5)23-14-12-11-13-22(23)18(2)3/h11-16,18-19,24-27H,10,17H2,1-9H3/t24-,25+,26+,27+/m1/s1. The number of aromatic nitrogens is 1. The van der Waals surface area contributed by atoms with E-state index in [0.717, 1.165) is 11.6 Å². The minimum Gasteiger partial charge on any atom is -0.481 e. The Balaban J connectivity index is 2.30. The third-order valence-electron chi connectivity index (χ3n) is 7.82. The van der Waals surface area contributed by atoms with Gasteiger partial charge in [-0.05, 0) is 57.7 Å². The van der Waals surface area contributed by atoms with Gasteiger partial charge in [0.15, 0.2) is 0 Å². The first-order chi connectivity index (χ1) is 20.6. The number of methoxy groups -OCH3 is 2. The summed E-state index contributed by atoms with van der Waals surface area (Å²) in [6.07, 6.45) is -6.20. The van der Waals surface area contributed by atoms with Crippen molar-refractivity contribution < 1.29 is 46.4 Å². The number of halogens is 3. The molecule has 1 aliphatic heterocycles. The molecule has 12 heteroatoms. The fourth-order valence-electron chi connectivity index (χ4n) is 5.72. The number of ether oxygens (including phenoxy) is 5. The van der Waals surface area contributed by atoms with Crippen LogP contribution in [0.15, 0.2) is 36.5 Å². The van der Waals surface area contributed by atoms with E-state index < -0.39 is 59.6 Å². The number of esters is 1. The van der Waals surface area contributed by atoms with Crippen molar-refractivity contribution in [2.45, 2.75) is 97.1 Å². The van der Waals surface area contributed by atoms with E-state index in [0.29, 0.717) is 11.8 Å². The Morgan fingerprint density at radius 3 is 2.27 bits per heavy atom. The number of alkyl halides is 3. The largest absolute Gasteiger partial charge is 0.481 e. The molecule has 244 valence electrons. The van der Waals surface area contributed by atoms with Gasteiger partial charge in [0.1, 0.15) is 6.04 Å². The van der Waals surface area contributed by atoms with Crippen LogP contribution in [0.4, 0.5) is 18.0 Å². The Labute approximate surface area is 257 Å². The zero-order chi connectivity index (χ0) is 33.0. The van der Waals surface area contributed by atoms with Crippen LogP contribution in [0.2, 0.25) is 0 Å². The van der Waals surface area contributed by atoms with Crippen LogP contribution in [0.25, 0.3) is 0 Å². The smallest absolute Gasteiger partial charge is 0.417 e. The van der Waals surface area contributed by atoms with Crippen LogP contribution in [0.5, 0.6) is 5.88 Å². The van der Waals surface area contributed by atoms with Crippen molar-refractivity contribution in [3.8, 4) is 5.88 Å². The molecule has 0 spiro atoms. The molecule has 0 saturated carbocycles. The number of amides is 1. The summed E-state index contributed by atoms with van der Waals surface area (Å²) >= 11 is 0. The number of benzene rings is 1. The maximum atomic E-state index is 13.9. The highest BCUT2D eigenvalue weighted by Gasteiger charge is 2.61. The van der Waals surface area contributed by atoms with Crippen molar-refractivity contribution in [1.29, 1.82) is 0 Å². The highest BCUT2D eigenvalue weighted by atomic mass is 19.4. The fourth-order valence-corrected chi connectivity index (χ4v) is 5.72. The summed E-state index contributed by atoms with van der Waals surface area (Å²) in [5.74, 6) is -1.56. The summed E-state index contributed by atoms with van der Waals surface area (Å²) < 4.78 is 69.7. The molecule has 44 heavy (non-hydrogen) atoms. The van der Waals surface area contributed by atoms with E-state index in [4.69, 9.17) is 23.7 Å². The van der Waals surface area contributed by atoms with Crippen molar-refractivity contribution in [3.63, 3.8) is 0 Å². The molecule has 0 radical (unpaired) electrons. The summed E-state index contributed by atoms with van der Waals surface area (Å²) in [5, 5.41) is 0. The summed E-state index contributed by atoms with van der Waals surface area (Å²) in [5.41, 5.74) is -0.416. The number of nitrogens with zero attached hydrogens (tertiary/aromatic N) is 2. The molecule has 2 heterocycles. The van der Waals surface area contributed by atoms with Gasteiger partial charge in [0.25, 0.3) is 0 Å². The Bertz CT molecular complexity index is 1300. The summed E-state index contributed by atoms with van der Waals surface area (Å²) in [6, 6.07) is 6.27. The number of hydrogen-bond donors (Lipinski definition) is 0. The Kier molecular flexibility index (Phi) is 11.3.